The molecule has 184 valence electrons. The van der Waals surface area contributed by atoms with Crippen LogP contribution in [0.1, 0.15) is 25.7 Å². The average molecular weight is 456 g/mol. The Balaban J connectivity index is 0. The molecule has 1 atom stereocenters. The lowest BCUT2D eigenvalue weighted by Crippen LogP contribution is -2.37. The Morgan fingerprint density at radius 2 is 1.16 bits per heavy atom. The van der Waals surface area contributed by atoms with E-state index in [2.05, 4.69) is 6.58 Å². The Bertz CT molecular complexity index is 459. The molecule has 1 heterocycles. The fourth-order valence-electron chi connectivity index (χ4n) is 1.86. The Labute approximate surface area is 180 Å². The molecule has 0 radical (unpaired) electrons. The summed E-state index contributed by atoms with van der Waals surface area (Å²) in [6, 6.07) is 0. The van der Waals surface area contributed by atoms with Crippen LogP contribution in [0.3, 0.4) is 0 Å². The van der Waals surface area contributed by atoms with Crippen molar-refractivity contribution in [1.29, 1.82) is 0 Å². The van der Waals surface area contributed by atoms with Crippen molar-refractivity contribution in [2.75, 3.05) is 52.9 Å². The summed E-state index contributed by atoms with van der Waals surface area (Å²) >= 11 is 0. The molecule has 0 saturated carbocycles. The van der Waals surface area contributed by atoms with E-state index in [4.69, 9.17) is 50.7 Å². The molecule has 1 aliphatic heterocycles. The van der Waals surface area contributed by atoms with Crippen LogP contribution in [0.5, 0.6) is 0 Å². The first-order valence-electron chi connectivity index (χ1n) is 9.58. The van der Waals surface area contributed by atoms with Crippen molar-refractivity contribution in [3.8, 4) is 0 Å². The molecule has 0 spiro atoms. The van der Waals surface area contributed by atoms with Crippen molar-refractivity contribution < 1.29 is 60.3 Å². The smallest absolute Gasteiger partial charge is 0.334 e. The second-order valence-corrected chi connectivity index (χ2v) is 7.32. The number of hydrogen-bond acceptors (Lipinski definition) is 11. The SMILES string of the molecule is C=C(C(=O)O)C1CCCCC(=O)O1.OCC(CO)(CO)CO.OCC(CO)(CO)CO. The number of carboxylic acid groups (broad SMARTS) is 1. The lowest BCUT2D eigenvalue weighted by atomic mass is 9.93. The molecule has 1 saturated heterocycles. The van der Waals surface area contributed by atoms with Crippen LogP contribution in [0, 0.1) is 10.8 Å². The lowest BCUT2D eigenvalue weighted by molar-refractivity contribution is -0.147. The number of carbonyl (C=O) groups is 2. The molecule has 0 aromatic rings. The molecule has 12 nitrogen and oxygen atoms in total. The molecular weight excluding hydrogens is 420 g/mol. The highest BCUT2D eigenvalue weighted by Gasteiger charge is 2.27. The third kappa shape index (κ3) is 11.5. The van der Waals surface area contributed by atoms with Gasteiger partial charge < -0.3 is 50.7 Å². The Morgan fingerprint density at radius 1 is 0.806 bits per heavy atom. The third-order valence-electron chi connectivity index (χ3n) is 4.72. The monoisotopic (exact) mass is 456 g/mol. The zero-order chi connectivity index (χ0) is 24.5. The standard InChI is InChI=1S/C9H12O4.2C5H12O4/c1-6(9(11)12)7-4-2-3-5-8(10)13-7;2*6-1-5(2-7,3-8)4-9/h7H,1-5H2,(H,11,12);2*6-9H,1-4H2. The first-order chi connectivity index (χ1) is 14.6. The summed E-state index contributed by atoms with van der Waals surface area (Å²) in [6.45, 7) is 0.127. The number of aliphatic carboxylic acids is 1. The topological polar surface area (TPSA) is 225 Å². The fourth-order valence-corrected chi connectivity index (χ4v) is 1.86. The highest BCUT2D eigenvalue weighted by molar-refractivity contribution is 5.87. The summed E-state index contributed by atoms with van der Waals surface area (Å²) in [4.78, 5) is 21.5. The first-order valence-corrected chi connectivity index (χ1v) is 9.58. The van der Waals surface area contributed by atoms with Gasteiger partial charge in [-0.05, 0) is 19.3 Å². The number of aliphatic hydroxyl groups is 8. The second kappa shape index (κ2) is 17.0. The number of aliphatic hydroxyl groups excluding tert-OH is 8. The average Bonchev–Trinajstić information content (AvgIpc) is 3.02. The maximum absolute atomic E-state index is 11.0. The molecule has 0 aromatic carbocycles. The van der Waals surface area contributed by atoms with E-state index in [1.54, 1.807) is 0 Å². The van der Waals surface area contributed by atoms with Gasteiger partial charge in [0.25, 0.3) is 0 Å². The summed E-state index contributed by atoms with van der Waals surface area (Å²) in [6.07, 6.45) is 1.89. The summed E-state index contributed by atoms with van der Waals surface area (Å²) in [7, 11) is 0. The van der Waals surface area contributed by atoms with Crippen LogP contribution >= 0.6 is 0 Å². The molecular formula is C19H36O12. The maximum atomic E-state index is 11.0. The van der Waals surface area contributed by atoms with E-state index in [0.717, 1.165) is 12.8 Å². The van der Waals surface area contributed by atoms with Gasteiger partial charge in [-0.3, -0.25) is 4.79 Å². The number of carbonyl (C=O) groups excluding carboxylic acids is 1. The van der Waals surface area contributed by atoms with Gasteiger partial charge in [-0.25, -0.2) is 4.79 Å². The maximum Gasteiger partial charge on any atom is 0.334 e. The highest BCUT2D eigenvalue weighted by atomic mass is 16.5. The van der Waals surface area contributed by atoms with Gasteiger partial charge >= 0.3 is 11.9 Å². The largest absolute Gasteiger partial charge is 0.478 e. The number of cyclic esters (lactones) is 1. The van der Waals surface area contributed by atoms with E-state index < -0.39 is 75.8 Å². The molecule has 1 fully saturated rings. The fraction of sp³-hybridized carbons (Fsp3) is 0.789. The highest BCUT2D eigenvalue weighted by Crippen LogP contribution is 2.19. The molecule has 31 heavy (non-hydrogen) atoms. The number of esters is 1. The third-order valence-corrected chi connectivity index (χ3v) is 4.72. The summed E-state index contributed by atoms with van der Waals surface area (Å²) in [5.74, 6) is -1.43. The number of ether oxygens (including phenoxy) is 1. The van der Waals surface area contributed by atoms with Gasteiger partial charge in [-0.2, -0.15) is 0 Å². The minimum absolute atomic E-state index is 0.0322. The van der Waals surface area contributed by atoms with E-state index in [9.17, 15) is 9.59 Å². The van der Waals surface area contributed by atoms with E-state index in [-0.39, 0.29) is 11.5 Å². The van der Waals surface area contributed by atoms with Crippen LogP contribution in [-0.4, -0.2) is 117 Å². The second-order valence-electron chi connectivity index (χ2n) is 7.32. The number of hydrogen-bond donors (Lipinski definition) is 9. The van der Waals surface area contributed by atoms with E-state index in [0.29, 0.717) is 12.8 Å². The van der Waals surface area contributed by atoms with Crippen LogP contribution in [-0.2, 0) is 14.3 Å². The van der Waals surface area contributed by atoms with Gasteiger partial charge in [-0.1, -0.05) is 6.58 Å². The van der Waals surface area contributed by atoms with Gasteiger partial charge in [0.1, 0.15) is 6.10 Å². The predicted octanol–water partition coefficient (Wildman–Crippen LogP) is -3.00. The van der Waals surface area contributed by atoms with Crippen molar-refractivity contribution in [3.63, 3.8) is 0 Å². The van der Waals surface area contributed by atoms with Gasteiger partial charge in [0, 0.05) is 6.42 Å². The first kappa shape index (κ1) is 31.5. The molecule has 1 aliphatic rings. The van der Waals surface area contributed by atoms with Crippen LogP contribution < -0.4 is 0 Å². The molecule has 12 heteroatoms. The predicted molar refractivity (Wildman–Crippen MR) is 107 cm³/mol. The summed E-state index contributed by atoms with van der Waals surface area (Å²) in [5.41, 5.74) is -2.25. The molecule has 0 amide bonds. The zero-order valence-electron chi connectivity index (χ0n) is 17.5. The molecule has 1 rings (SSSR count). The van der Waals surface area contributed by atoms with Crippen molar-refractivity contribution in [2.24, 2.45) is 10.8 Å². The Kier molecular flexibility index (Phi) is 17.3. The normalized spacial score (nSPS) is 16.6. The Hall–Kier alpha value is -1.64. The minimum Gasteiger partial charge on any atom is -0.478 e. The van der Waals surface area contributed by atoms with E-state index in [1.807, 2.05) is 0 Å². The summed E-state index contributed by atoms with van der Waals surface area (Å²) < 4.78 is 4.92. The van der Waals surface area contributed by atoms with Crippen molar-refractivity contribution in [1.82, 2.24) is 0 Å². The molecule has 0 aromatic heterocycles. The summed E-state index contributed by atoms with van der Waals surface area (Å²) in [5, 5.41) is 76.6. The lowest BCUT2D eigenvalue weighted by Gasteiger charge is -2.23. The van der Waals surface area contributed by atoms with Crippen LogP contribution in [0.25, 0.3) is 0 Å². The molecule has 0 aliphatic carbocycles. The van der Waals surface area contributed by atoms with Crippen molar-refractivity contribution in [3.05, 3.63) is 12.2 Å². The Morgan fingerprint density at radius 3 is 1.42 bits per heavy atom. The van der Waals surface area contributed by atoms with Gasteiger partial charge in [0.2, 0.25) is 0 Å². The van der Waals surface area contributed by atoms with Gasteiger partial charge in [0.05, 0.1) is 69.3 Å². The quantitative estimate of drug-likeness (QED) is 0.118. The number of carboxylic acids is 1. The van der Waals surface area contributed by atoms with Gasteiger partial charge in [0.15, 0.2) is 0 Å². The number of rotatable bonds is 10. The van der Waals surface area contributed by atoms with E-state index in [1.165, 1.54) is 0 Å². The van der Waals surface area contributed by atoms with Crippen molar-refractivity contribution in [2.45, 2.75) is 31.8 Å². The van der Waals surface area contributed by atoms with E-state index >= 15 is 0 Å². The molecule has 9 N–H and O–H groups in total. The minimum atomic E-state index is -1.11. The molecule has 1 unspecified atom stereocenters. The zero-order valence-corrected chi connectivity index (χ0v) is 17.5. The molecule has 0 bridgehead atoms. The van der Waals surface area contributed by atoms with Crippen LogP contribution in [0.15, 0.2) is 12.2 Å². The van der Waals surface area contributed by atoms with Gasteiger partial charge in [-0.15, -0.1) is 0 Å². The van der Waals surface area contributed by atoms with Crippen LogP contribution in [0.4, 0.5) is 0 Å². The van der Waals surface area contributed by atoms with Crippen molar-refractivity contribution >= 4 is 11.9 Å². The van der Waals surface area contributed by atoms with Crippen LogP contribution in [0.2, 0.25) is 0 Å².